The average molecular weight is 396 g/mol. The number of nitrogens with one attached hydrogen (secondary N) is 1. The normalized spacial score (nSPS) is 17.0. The molecule has 2 amide bonds. The maximum absolute atomic E-state index is 12.8. The summed E-state index contributed by atoms with van der Waals surface area (Å²) in [7, 11) is 0. The second-order valence-corrected chi connectivity index (χ2v) is 7.45. The molecule has 1 N–H and O–H groups in total. The number of nitrogens with zero attached hydrogens (tertiary/aromatic N) is 3. The van der Waals surface area contributed by atoms with Gasteiger partial charge in [-0.2, -0.15) is 0 Å². The molecule has 3 heterocycles. The number of fused-ring (bicyclic) bond motifs is 3. The summed E-state index contributed by atoms with van der Waals surface area (Å²) in [5, 5.41) is 3.77. The van der Waals surface area contributed by atoms with Crippen LogP contribution >= 0.6 is 0 Å². The molecular weight excluding hydrogens is 372 g/mol. The predicted molar refractivity (Wildman–Crippen MR) is 108 cm³/mol. The molecule has 1 aliphatic rings. The van der Waals surface area contributed by atoms with E-state index in [0.29, 0.717) is 30.6 Å². The summed E-state index contributed by atoms with van der Waals surface area (Å²) in [5.41, 5.74) is 0.887. The van der Waals surface area contributed by atoms with Gasteiger partial charge in [0.05, 0.1) is 6.33 Å². The van der Waals surface area contributed by atoms with Gasteiger partial charge in [-0.05, 0) is 31.4 Å². The molecule has 1 aromatic carbocycles. The van der Waals surface area contributed by atoms with Crippen LogP contribution in [0.2, 0.25) is 0 Å². The van der Waals surface area contributed by atoms with Crippen molar-refractivity contribution in [2.45, 2.75) is 45.2 Å². The average Bonchev–Trinajstić information content (AvgIpc) is 3.10. The quantitative estimate of drug-likeness (QED) is 0.712. The van der Waals surface area contributed by atoms with Crippen molar-refractivity contribution in [3.8, 4) is 0 Å². The Labute approximate surface area is 167 Å². The van der Waals surface area contributed by atoms with Gasteiger partial charge in [0.25, 0.3) is 5.56 Å². The van der Waals surface area contributed by atoms with Gasteiger partial charge in [-0.3, -0.25) is 19.0 Å². The molecule has 8 heteroatoms. The molecule has 8 nitrogen and oxygen atoms in total. The lowest BCUT2D eigenvalue weighted by Crippen LogP contribution is -2.50. The van der Waals surface area contributed by atoms with E-state index < -0.39 is 0 Å². The highest BCUT2D eigenvalue weighted by atomic mass is 16.3. The minimum absolute atomic E-state index is 0.0163. The van der Waals surface area contributed by atoms with E-state index in [2.05, 4.69) is 10.3 Å². The topological polar surface area (TPSA) is 97.4 Å². The fourth-order valence-electron chi connectivity index (χ4n) is 3.82. The molecule has 0 radical (unpaired) electrons. The van der Waals surface area contributed by atoms with E-state index in [-0.39, 0.29) is 35.5 Å². The van der Waals surface area contributed by atoms with Crippen LogP contribution in [0.5, 0.6) is 0 Å². The first-order chi connectivity index (χ1) is 14.1. The Kier molecular flexibility index (Phi) is 5.33. The van der Waals surface area contributed by atoms with Crippen LogP contribution in [0.3, 0.4) is 0 Å². The molecule has 0 spiro atoms. The predicted octanol–water partition coefficient (Wildman–Crippen LogP) is 2.05. The molecule has 4 rings (SSSR count). The second-order valence-electron chi connectivity index (χ2n) is 7.45. The van der Waals surface area contributed by atoms with Crippen molar-refractivity contribution in [2.75, 3.05) is 13.1 Å². The van der Waals surface area contributed by atoms with Gasteiger partial charge in [0.2, 0.25) is 17.4 Å². The van der Waals surface area contributed by atoms with Crippen LogP contribution in [0.25, 0.3) is 22.1 Å². The molecule has 3 aromatic rings. The lowest BCUT2D eigenvalue weighted by atomic mass is 10.1. The number of rotatable bonds is 5. The van der Waals surface area contributed by atoms with Crippen molar-refractivity contribution in [2.24, 2.45) is 0 Å². The van der Waals surface area contributed by atoms with Gasteiger partial charge in [-0.15, -0.1) is 0 Å². The zero-order valence-corrected chi connectivity index (χ0v) is 16.4. The Morgan fingerprint density at radius 1 is 1.31 bits per heavy atom. The summed E-state index contributed by atoms with van der Waals surface area (Å²) in [5.74, 6) is -0.152. The summed E-state index contributed by atoms with van der Waals surface area (Å²) >= 11 is 0. The monoisotopic (exact) mass is 396 g/mol. The molecule has 0 bridgehead atoms. The lowest BCUT2D eigenvalue weighted by Gasteiger charge is -2.33. The molecule has 0 saturated carbocycles. The fourth-order valence-corrected chi connectivity index (χ4v) is 3.82. The van der Waals surface area contributed by atoms with Gasteiger partial charge < -0.3 is 14.6 Å². The van der Waals surface area contributed by atoms with Crippen molar-refractivity contribution in [3.63, 3.8) is 0 Å². The number of carbonyl (C=O) groups is 2. The lowest BCUT2D eigenvalue weighted by molar-refractivity contribution is -0.134. The Morgan fingerprint density at radius 3 is 2.97 bits per heavy atom. The molecule has 2 aromatic heterocycles. The standard InChI is InChI=1S/C21H24N4O4/c1-2-6-17(26)23-14-7-5-10-24(11-14)18(27)12-25-13-22-19-15-8-3-4-9-16(15)29-20(19)21(25)28/h3-4,8-9,13-14H,2,5-7,10-12H2,1H3,(H,23,26). The van der Waals surface area contributed by atoms with Crippen molar-refractivity contribution < 1.29 is 14.0 Å². The highest BCUT2D eigenvalue weighted by molar-refractivity contribution is 6.01. The highest BCUT2D eigenvalue weighted by Crippen LogP contribution is 2.24. The molecule has 1 unspecified atom stereocenters. The number of benzene rings is 1. The van der Waals surface area contributed by atoms with Crippen LogP contribution in [0.15, 0.2) is 39.8 Å². The van der Waals surface area contributed by atoms with Gasteiger partial charge >= 0.3 is 0 Å². The van der Waals surface area contributed by atoms with Gasteiger partial charge in [-0.1, -0.05) is 19.1 Å². The molecule has 1 atom stereocenters. The second kappa shape index (κ2) is 8.06. The van der Waals surface area contributed by atoms with E-state index in [0.717, 1.165) is 24.6 Å². The zero-order valence-electron chi connectivity index (χ0n) is 16.4. The fraction of sp³-hybridized carbons (Fsp3) is 0.429. The van der Waals surface area contributed by atoms with Crippen LogP contribution in [-0.2, 0) is 16.1 Å². The van der Waals surface area contributed by atoms with Crippen molar-refractivity contribution in [3.05, 3.63) is 40.9 Å². The van der Waals surface area contributed by atoms with Crippen molar-refractivity contribution in [1.29, 1.82) is 0 Å². The number of piperidine rings is 1. The molecule has 1 fully saturated rings. The first-order valence-corrected chi connectivity index (χ1v) is 10.0. The number of aromatic nitrogens is 2. The Balaban J connectivity index is 1.50. The first-order valence-electron chi connectivity index (χ1n) is 10.0. The van der Waals surface area contributed by atoms with Crippen LogP contribution in [0, 0.1) is 0 Å². The zero-order chi connectivity index (χ0) is 20.4. The smallest absolute Gasteiger partial charge is 0.297 e. The largest absolute Gasteiger partial charge is 0.448 e. The number of carbonyl (C=O) groups excluding carboxylic acids is 2. The van der Waals surface area contributed by atoms with E-state index in [9.17, 15) is 14.4 Å². The molecule has 1 saturated heterocycles. The van der Waals surface area contributed by atoms with Crippen molar-refractivity contribution in [1.82, 2.24) is 19.8 Å². The van der Waals surface area contributed by atoms with Gasteiger partial charge in [0, 0.05) is 30.9 Å². The van der Waals surface area contributed by atoms with Crippen LogP contribution in [0.4, 0.5) is 0 Å². The van der Waals surface area contributed by atoms with Crippen LogP contribution in [0.1, 0.15) is 32.6 Å². The number of hydrogen-bond acceptors (Lipinski definition) is 5. The maximum Gasteiger partial charge on any atom is 0.297 e. The molecule has 1 aliphatic heterocycles. The summed E-state index contributed by atoms with van der Waals surface area (Å²) < 4.78 is 6.95. The van der Waals surface area contributed by atoms with Crippen molar-refractivity contribution >= 4 is 33.9 Å². The number of furan rings is 1. The molecule has 152 valence electrons. The van der Waals surface area contributed by atoms with E-state index in [4.69, 9.17) is 4.42 Å². The minimum atomic E-state index is -0.371. The highest BCUT2D eigenvalue weighted by Gasteiger charge is 2.25. The Morgan fingerprint density at radius 2 is 2.14 bits per heavy atom. The molecule has 29 heavy (non-hydrogen) atoms. The van der Waals surface area contributed by atoms with Gasteiger partial charge in [-0.25, -0.2) is 4.98 Å². The van der Waals surface area contributed by atoms with Gasteiger partial charge in [0.1, 0.15) is 17.6 Å². The summed E-state index contributed by atoms with van der Waals surface area (Å²) in [6.07, 6.45) is 4.35. The Bertz CT molecular complexity index is 1120. The third-order valence-corrected chi connectivity index (χ3v) is 5.27. The van der Waals surface area contributed by atoms with E-state index in [1.165, 1.54) is 10.9 Å². The van der Waals surface area contributed by atoms with Crippen LogP contribution < -0.4 is 10.9 Å². The molecule has 0 aliphatic carbocycles. The number of para-hydroxylation sites is 1. The third-order valence-electron chi connectivity index (χ3n) is 5.27. The van der Waals surface area contributed by atoms with E-state index in [1.54, 1.807) is 11.0 Å². The van der Waals surface area contributed by atoms with Gasteiger partial charge in [0.15, 0.2) is 0 Å². The first kappa shape index (κ1) is 19.2. The maximum atomic E-state index is 12.8. The van der Waals surface area contributed by atoms with Crippen LogP contribution in [-0.4, -0.2) is 45.4 Å². The summed E-state index contributed by atoms with van der Waals surface area (Å²) in [6.45, 7) is 2.94. The number of likely N-dealkylation sites (tertiary alicyclic amines) is 1. The Hall–Kier alpha value is -3.16. The molecular formula is C21H24N4O4. The number of hydrogen-bond donors (Lipinski definition) is 1. The van der Waals surface area contributed by atoms with E-state index in [1.807, 2.05) is 25.1 Å². The SMILES string of the molecule is CCCC(=O)NC1CCCN(C(=O)Cn2cnc3c(oc4ccccc43)c2=O)C1. The summed E-state index contributed by atoms with van der Waals surface area (Å²) in [6, 6.07) is 7.29. The summed E-state index contributed by atoms with van der Waals surface area (Å²) in [4.78, 5) is 43.5. The van der Waals surface area contributed by atoms with E-state index >= 15 is 0 Å². The minimum Gasteiger partial charge on any atom is -0.448 e. The third kappa shape index (κ3) is 3.87. The number of amides is 2.